The van der Waals surface area contributed by atoms with E-state index < -0.39 is 85.7 Å². The average molecular weight is 902 g/mol. The molecule has 2 aromatic carbocycles. The third-order valence-corrected chi connectivity index (χ3v) is 13.6. The number of anilines is 1. The first-order valence-corrected chi connectivity index (χ1v) is 21.6. The van der Waals surface area contributed by atoms with E-state index in [2.05, 4.69) is 26.0 Å². The van der Waals surface area contributed by atoms with Crippen LogP contribution in [0.3, 0.4) is 0 Å². The molecule has 2 amide bonds. The van der Waals surface area contributed by atoms with E-state index >= 15 is 0 Å². The molecule has 0 radical (unpaired) electrons. The Hall–Kier alpha value is -6.48. The largest absolute Gasteiger partial charge is 0.504 e. The lowest BCUT2D eigenvalue weighted by Crippen LogP contribution is -2.71. The number of hydrogen-bond donors (Lipinski definition) is 9. The number of amides is 2. The number of thiazole rings is 1. The monoisotopic (exact) mass is 901 g/mol. The van der Waals surface area contributed by atoms with Crippen LogP contribution in [0.5, 0.6) is 23.0 Å². The van der Waals surface area contributed by atoms with Crippen molar-refractivity contribution in [3.05, 3.63) is 87.4 Å². The van der Waals surface area contributed by atoms with Crippen LogP contribution in [0.15, 0.2) is 91.2 Å². The van der Waals surface area contributed by atoms with Crippen LogP contribution in [0, 0.1) is 0 Å². The summed E-state index contributed by atoms with van der Waals surface area (Å²) >= 11 is 3.30. The third kappa shape index (κ3) is 8.21. The predicted octanol–water partition coefficient (Wildman–Crippen LogP) is 1.15. The van der Waals surface area contributed by atoms with Crippen molar-refractivity contribution in [1.29, 1.82) is 0 Å². The van der Waals surface area contributed by atoms with Crippen molar-refractivity contribution in [2.24, 2.45) is 10.1 Å². The van der Waals surface area contributed by atoms with Gasteiger partial charge in [0.25, 0.3) is 11.8 Å². The van der Waals surface area contributed by atoms with E-state index in [-0.39, 0.29) is 38.5 Å². The molecule has 314 valence electrons. The summed E-state index contributed by atoms with van der Waals surface area (Å²) in [5.74, 6) is -7.03. The Morgan fingerprint density at radius 1 is 1.10 bits per heavy atom. The molecule has 60 heavy (non-hydrogen) atoms. The van der Waals surface area contributed by atoms with E-state index in [4.69, 9.17) is 10.6 Å². The van der Waals surface area contributed by atoms with Gasteiger partial charge in [-0.1, -0.05) is 11.2 Å². The molecular weight excluding hydrogens is 871 g/mol. The Morgan fingerprint density at radius 3 is 2.47 bits per heavy atom. The fourth-order valence-electron chi connectivity index (χ4n) is 6.05. The summed E-state index contributed by atoms with van der Waals surface area (Å²) < 4.78 is 26.2. The molecule has 3 aromatic rings. The van der Waals surface area contributed by atoms with Gasteiger partial charge in [0, 0.05) is 34.2 Å². The highest BCUT2D eigenvalue weighted by Crippen LogP contribution is 2.42. The fraction of sp³-hybridized carbons (Fsp3) is 0.206. The molecule has 1 fully saturated rings. The number of carboxylic acids is 2. The SMILES string of the molecule is CC1=NC2=CN(CS(=O)(=O)c3ccc(O)c(O)c3)NN2C(SCC2=C(C(=O)O)N3C(=O)[C@@H](NC(=O)C(=NO[C@H](C(=O)O)c4ccc(O)c(O)c4)c4csc(N)n4)[C@H]3SC2)=C1. The summed E-state index contributed by atoms with van der Waals surface area (Å²) in [6.45, 7) is 1.71. The molecule has 26 heteroatoms. The number of hydrazine groups is 2. The fourth-order valence-corrected chi connectivity index (χ4v) is 10.4. The van der Waals surface area contributed by atoms with Crippen molar-refractivity contribution < 1.29 is 63.1 Å². The number of aliphatic carboxylic acids is 2. The Kier molecular flexibility index (Phi) is 11.3. The summed E-state index contributed by atoms with van der Waals surface area (Å²) in [4.78, 5) is 66.4. The van der Waals surface area contributed by atoms with E-state index in [1.54, 1.807) is 13.0 Å². The number of nitrogens with zero attached hydrogens (tertiary/aromatic N) is 6. The lowest BCUT2D eigenvalue weighted by atomic mass is 10.0. The highest BCUT2D eigenvalue weighted by molar-refractivity contribution is 8.03. The minimum Gasteiger partial charge on any atom is -0.504 e. The van der Waals surface area contributed by atoms with Crippen molar-refractivity contribution >= 4 is 85.0 Å². The zero-order valence-corrected chi connectivity index (χ0v) is 33.8. The normalized spacial score (nSPS) is 19.4. The van der Waals surface area contributed by atoms with Crippen molar-refractivity contribution in [1.82, 2.24) is 30.8 Å². The molecular formula is C34H31N9O13S4. The van der Waals surface area contributed by atoms with Crippen molar-refractivity contribution in [3.63, 3.8) is 0 Å². The van der Waals surface area contributed by atoms with Gasteiger partial charge in [0.1, 0.15) is 28.7 Å². The van der Waals surface area contributed by atoms with E-state index in [0.29, 0.717) is 22.1 Å². The number of benzene rings is 2. The molecule has 0 spiro atoms. The first kappa shape index (κ1) is 41.7. The molecule has 0 aliphatic carbocycles. The quantitative estimate of drug-likeness (QED) is 0.0474. The molecule has 1 aromatic heterocycles. The molecule has 1 saturated heterocycles. The number of oxime groups is 1. The smallest absolute Gasteiger partial charge is 0.352 e. The number of nitrogens with two attached hydrogens (primary N) is 1. The van der Waals surface area contributed by atoms with Gasteiger partial charge in [0.15, 0.2) is 49.5 Å². The maximum Gasteiger partial charge on any atom is 0.352 e. The zero-order valence-electron chi connectivity index (χ0n) is 30.5. The van der Waals surface area contributed by atoms with E-state index in [1.165, 1.54) is 45.1 Å². The third-order valence-electron chi connectivity index (χ3n) is 8.87. The van der Waals surface area contributed by atoms with Crippen molar-refractivity contribution in [2.45, 2.75) is 29.3 Å². The molecule has 3 atom stereocenters. The van der Waals surface area contributed by atoms with Crippen LogP contribution >= 0.6 is 34.9 Å². The topological polar surface area (TPSA) is 330 Å². The van der Waals surface area contributed by atoms with Crippen LogP contribution in [0.2, 0.25) is 0 Å². The Balaban J connectivity index is 1.04. The summed E-state index contributed by atoms with van der Waals surface area (Å²) in [7, 11) is -4.02. The van der Waals surface area contributed by atoms with Gasteiger partial charge in [-0.05, 0) is 42.8 Å². The molecule has 0 bridgehead atoms. The van der Waals surface area contributed by atoms with Crippen LogP contribution in [-0.4, -0.2) is 123 Å². The second-order valence-electron chi connectivity index (χ2n) is 13.0. The van der Waals surface area contributed by atoms with Crippen molar-refractivity contribution in [3.8, 4) is 23.0 Å². The number of aromatic nitrogens is 1. The Bertz CT molecular complexity index is 2610. The number of phenols is 4. The second kappa shape index (κ2) is 16.3. The van der Waals surface area contributed by atoms with Gasteiger partial charge in [0.2, 0.25) is 6.10 Å². The minimum atomic E-state index is -4.02. The van der Waals surface area contributed by atoms with Crippen LogP contribution in [0.1, 0.15) is 24.3 Å². The molecule has 0 unspecified atom stereocenters. The highest BCUT2D eigenvalue weighted by atomic mass is 32.2. The molecule has 22 nitrogen and oxygen atoms in total. The molecule has 4 aliphatic heterocycles. The van der Waals surface area contributed by atoms with Gasteiger partial charge in [0.05, 0.1) is 16.1 Å². The summed E-state index contributed by atoms with van der Waals surface area (Å²) in [6, 6.07) is 5.02. The maximum atomic E-state index is 13.6. The number of phenolic OH excluding ortho intramolecular Hbond substituents is 4. The zero-order chi connectivity index (χ0) is 43.2. The highest BCUT2D eigenvalue weighted by Gasteiger charge is 2.54. The second-order valence-corrected chi connectivity index (χ2v) is 18.0. The van der Waals surface area contributed by atoms with Crippen LogP contribution < -0.4 is 16.6 Å². The number of rotatable bonds is 14. The van der Waals surface area contributed by atoms with Gasteiger partial charge in [-0.3, -0.25) is 19.5 Å². The molecule has 10 N–H and O–H groups in total. The van der Waals surface area contributed by atoms with Gasteiger partial charge in [-0.15, -0.1) is 40.4 Å². The van der Waals surface area contributed by atoms with E-state index in [1.807, 2.05) is 0 Å². The van der Waals surface area contributed by atoms with Gasteiger partial charge >= 0.3 is 11.9 Å². The number of nitrogens with one attached hydrogen (secondary N) is 2. The number of aromatic hydroxyl groups is 4. The lowest BCUT2D eigenvalue weighted by Gasteiger charge is -2.49. The van der Waals surface area contributed by atoms with Crippen LogP contribution in [-0.2, 0) is 33.9 Å². The number of carbonyl (C=O) groups is 4. The summed E-state index contributed by atoms with van der Waals surface area (Å²) in [5, 5.41) is 69.0. The molecule has 7 rings (SSSR count). The van der Waals surface area contributed by atoms with E-state index in [0.717, 1.165) is 52.6 Å². The maximum absolute atomic E-state index is 13.6. The van der Waals surface area contributed by atoms with E-state index in [9.17, 15) is 58.2 Å². The van der Waals surface area contributed by atoms with Gasteiger partial charge in [-0.25, -0.2) is 33.0 Å². The van der Waals surface area contributed by atoms with Gasteiger partial charge in [-0.2, -0.15) is 0 Å². The minimum absolute atomic E-state index is 0.0242. The number of nitrogen functional groups attached to an aromatic ring is 1. The first-order chi connectivity index (χ1) is 28.4. The van der Waals surface area contributed by atoms with Crippen LogP contribution in [0.4, 0.5) is 5.13 Å². The van der Waals surface area contributed by atoms with Gasteiger partial charge < -0.3 is 46.5 Å². The number of fused-ring (bicyclic) bond motifs is 2. The number of allylic oxidation sites excluding steroid dienone is 1. The molecule has 4 aliphatic rings. The lowest BCUT2D eigenvalue weighted by molar-refractivity contribution is -0.151. The Morgan fingerprint density at radius 2 is 1.82 bits per heavy atom. The summed E-state index contributed by atoms with van der Waals surface area (Å²) in [6.07, 6.45) is 1.27. The number of carboxylic acid groups (broad SMARTS) is 2. The Labute approximate surface area is 350 Å². The number of hydrogen-bond acceptors (Lipinski definition) is 21. The predicted molar refractivity (Wildman–Crippen MR) is 214 cm³/mol. The van der Waals surface area contributed by atoms with Crippen molar-refractivity contribution in [2.75, 3.05) is 23.1 Å². The number of sulfone groups is 1. The standard InChI is InChI=1S/C34H31N9O13S4/c1-14-6-24(43-23(36-14)9-41(40-43)13-60(54,55)17-3-5-20(45)22(47)8-17)57-10-16-11-58-31-26(30(49)42(31)27(16)32(50)51)38-29(48)25(18-12-59-34(35)37-18)39-56-28(33(52)53)15-2-4-19(44)21(46)7-15/h2-9,12,26,28,31,40,44-47H,10-11,13H2,1H3,(H2,35,37)(H,38,48)(H,50,51)(H,52,53)/t26-,28+,31-/m1/s1. The number of β-lactam (4-membered cyclic amide) rings is 1. The average Bonchev–Trinajstić information content (AvgIpc) is 3.80. The molecule has 0 saturated carbocycles. The first-order valence-electron chi connectivity index (χ1n) is 17.0. The number of aliphatic imine (C=N–C) groups is 1. The number of thioether (sulfide) groups is 2. The molecule has 5 heterocycles. The van der Waals surface area contributed by atoms with Crippen LogP contribution in [0.25, 0.3) is 0 Å². The summed E-state index contributed by atoms with van der Waals surface area (Å²) in [5.41, 5.74) is 8.50. The number of carbonyl (C=O) groups excluding carboxylic acids is 2.